The monoisotopic (exact) mass is 200 g/mol. The molecular formula is C10H20N2O2. The summed E-state index contributed by atoms with van der Waals surface area (Å²) in [7, 11) is 0. The zero-order valence-electron chi connectivity index (χ0n) is 9.10. The van der Waals surface area contributed by atoms with Gasteiger partial charge in [0.25, 0.3) is 0 Å². The van der Waals surface area contributed by atoms with Crippen LogP contribution in [0.2, 0.25) is 0 Å². The Morgan fingerprint density at radius 3 is 2.50 bits per heavy atom. The van der Waals surface area contributed by atoms with Crippen molar-refractivity contribution in [3.05, 3.63) is 0 Å². The number of carboxylic acid groups (broad SMARTS) is 1. The third-order valence-electron chi connectivity index (χ3n) is 3.14. The Labute approximate surface area is 85.1 Å². The molecule has 1 aliphatic rings. The molecule has 0 aromatic carbocycles. The molecule has 1 aliphatic heterocycles. The molecule has 4 heteroatoms. The number of carboxylic acids is 1. The number of hydrogen-bond acceptors (Lipinski definition) is 3. The molecule has 0 spiro atoms. The predicted molar refractivity (Wildman–Crippen MR) is 55.0 cm³/mol. The highest BCUT2D eigenvalue weighted by molar-refractivity contribution is 5.72. The normalized spacial score (nSPS) is 33.9. The van der Waals surface area contributed by atoms with Gasteiger partial charge in [0.15, 0.2) is 0 Å². The van der Waals surface area contributed by atoms with Gasteiger partial charge in [0.05, 0.1) is 5.92 Å². The second-order valence-electron chi connectivity index (χ2n) is 4.29. The highest BCUT2D eigenvalue weighted by Crippen LogP contribution is 2.26. The molecule has 0 aromatic rings. The average Bonchev–Trinajstić information content (AvgIpc) is 2.42. The summed E-state index contributed by atoms with van der Waals surface area (Å²) in [4.78, 5) is 13.1. The van der Waals surface area contributed by atoms with Crippen LogP contribution < -0.4 is 5.73 Å². The SMILES string of the molecule is CCC1C(N)C(C(=O)O)CN1C(C)C. The smallest absolute Gasteiger partial charge is 0.309 e. The molecule has 0 aliphatic carbocycles. The van der Waals surface area contributed by atoms with Crippen molar-refractivity contribution in [1.29, 1.82) is 0 Å². The van der Waals surface area contributed by atoms with Crippen LogP contribution in [0.4, 0.5) is 0 Å². The second-order valence-corrected chi connectivity index (χ2v) is 4.29. The van der Waals surface area contributed by atoms with Gasteiger partial charge in [0.1, 0.15) is 0 Å². The fraction of sp³-hybridized carbons (Fsp3) is 0.900. The largest absolute Gasteiger partial charge is 0.481 e. The first-order chi connectivity index (χ1) is 6.49. The lowest BCUT2D eigenvalue weighted by molar-refractivity contribution is -0.141. The summed E-state index contributed by atoms with van der Waals surface area (Å²) in [5, 5.41) is 8.99. The Kier molecular flexibility index (Phi) is 3.50. The molecule has 1 fully saturated rings. The molecule has 3 N–H and O–H groups in total. The van der Waals surface area contributed by atoms with Gasteiger partial charge in [-0.1, -0.05) is 6.92 Å². The molecular weight excluding hydrogens is 180 g/mol. The van der Waals surface area contributed by atoms with E-state index in [1.54, 1.807) is 0 Å². The molecule has 3 atom stereocenters. The maximum absolute atomic E-state index is 10.9. The van der Waals surface area contributed by atoms with Crippen LogP contribution in [-0.4, -0.2) is 40.6 Å². The fourth-order valence-electron chi connectivity index (χ4n) is 2.32. The van der Waals surface area contributed by atoms with E-state index in [0.717, 1.165) is 6.42 Å². The van der Waals surface area contributed by atoms with E-state index in [0.29, 0.717) is 12.6 Å². The van der Waals surface area contributed by atoms with Crippen LogP contribution in [0.5, 0.6) is 0 Å². The molecule has 14 heavy (non-hydrogen) atoms. The van der Waals surface area contributed by atoms with E-state index < -0.39 is 11.9 Å². The van der Waals surface area contributed by atoms with Crippen LogP contribution in [0.1, 0.15) is 27.2 Å². The third-order valence-corrected chi connectivity index (χ3v) is 3.14. The van der Waals surface area contributed by atoms with Crippen molar-refractivity contribution < 1.29 is 9.90 Å². The summed E-state index contributed by atoms with van der Waals surface area (Å²) in [5.41, 5.74) is 5.94. The van der Waals surface area contributed by atoms with Crippen molar-refractivity contribution in [3.8, 4) is 0 Å². The van der Waals surface area contributed by atoms with Gasteiger partial charge in [-0.05, 0) is 20.3 Å². The molecule has 0 radical (unpaired) electrons. The van der Waals surface area contributed by atoms with E-state index in [4.69, 9.17) is 10.8 Å². The van der Waals surface area contributed by atoms with Gasteiger partial charge >= 0.3 is 5.97 Å². The first kappa shape index (κ1) is 11.5. The fourth-order valence-corrected chi connectivity index (χ4v) is 2.32. The zero-order chi connectivity index (χ0) is 10.9. The number of aliphatic carboxylic acids is 1. The van der Waals surface area contributed by atoms with Crippen LogP contribution in [-0.2, 0) is 4.79 Å². The van der Waals surface area contributed by atoms with Crippen LogP contribution in [0.25, 0.3) is 0 Å². The molecule has 0 saturated carbocycles. The lowest BCUT2D eigenvalue weighted by Gasteiger charge is -2.28. The Hall–Kier alpha value is -0.610. The van der Waals surface area contributed by atoms with Crippen LogP contribution in [0.3, 0.4) is 0 Å². The average molecular weight is 200 g/mol. The molecule has 82 valence electrons. The molecule has 0 bridgehead atoms. The van der Waals surface area contributed by atoms with Gasteiger partial charge in [-0.3, -0.25) is 9.69 Å². The van der Waals surface area contributed by atoms with Crippen molar-refractivity contribution in [2.45, 2.75) is 45.3 Å². The van der Waals surface area contributed by atoms with E-state index >= 15 is 0 Å². The van der Waals surface area contributed by atoms with Gasteiger partial charge < -0.3 is 10.8 Å². The van der Waals surface area contributed by atoms with Crippen LogP contribution in [0.15, 0.2) is 0 Å². The Balaban J connectivity index is 2.78. The van der Waals surface area contributed by atoms with E-state index in [2.05, 4.69) is 25.7 Å². The minimum Gasteiger partial charge on any atom is -0.481 e. The van der Waals surface area contributed by atoms with Gasteiger partial charge in [0.2, 0.25) is 0 Å². The molecule has 4 nitrogen and oxygen atoms in total. The second kappa shape index (κ2) is 4.28. The van der Waals surface area contributed by atoms with Crippen molar-refractivity contribution >= 4 is 5.97 Å². The Bertz CT molecular complexity index is 218. The Morgan fingerprint density at radius 2 is 2.21 bits per heavy atom. The number of hydrogen-bond donors (Lipinski definition) is 2. The molecule has 0 aromatic heterocycles. The summed E-state index contributed by atoms with van der Waals surface area (Å²) in [6.07, 6.45) is 0.920. The van der Waals surface area contributed by atoms with Crippen molar-refractivity contribution in [2.75, 3.05) is 6.54 Å². The van der Waals surface area contributed by atoms with Gasteiger partial charge in [-0.15, -0.1) is 0 Å². The summed E-state index contributed by atoms with van der Waals surface area (Å²) < 4.78 is 0. The Morgan fingerprint density at radius 1 is 1.64 bits per heavy atom. The quantitative estimate of drug-likeness (QED) is 0.697. The molecule has 1 saturated heterocycles. The minimum absolute atomic E-state index is 0.219. The van der Waals surface area contributed by atoms with E-state index in [9.17, 15) is 4.79 Å². The minimum atomic E-state index is -0.765. The maximum atomic E-state index is 10.9. The van der Waals surface area contributed by atoms with Gasteiger partial charge in [-0.25, -0.2) is 0 Å². The summed E-state index contributed by atoms with van der Waals surface area (Å²) in [6.45, 7) is 6.82. The van der Waals surface area contributed by atoms with Gasteiger partial charge in [0, 0.05) is 24.7 Å². The van der Waals surface area contributed by atoms with E-state index in [1.165, 1.54) is 0 Å². The lowest BCUT2D eigenvalue weighted by atomic mass is 9.98. The van der Waals surface area contributed by atoms with E-state index in [-0.39, 0.29) is 12.1 Å². The topological polar surface area (TPSA) is 66.6 Å². The lowest BCUT2D eigenvalue weighted by Crippen LogP contribution is -2.43. The summed E-state index contributed by atoms with van der Waals surface area (Å²) in [6, 6.07) is 0.367. The van der Waals surface area contributed by atoms with Crippen molar-refractivity contribution in [2.24, 2.45) is 11.7 Å². The predicted octanol–water partition coefficient (Wildman–Crippen LogP) is 0.517. The number of likely N-dealkylation sites (tertiary alicyclic amines) is 1. The summed E-state index contributed by atoms with van der Waals surface area (Å²) >= 11 is 0. The molecule has 0 amide bonds. The highest BCUT2D eigenvalue weighted by atomic mass is 16.4. The third kappa shape index (κ3) is 1.91. The van der Waals surface area contributed by atoms with Crippen LogP contribution >= 0.6 is 0 Å². The van der Waals surface area contributed by atoms with Crippen molar-refractivity contribution in [3.63, 3.8) is 0 Å². The molecule has 3 unspecified atom stereocenters. The van der Waals surface area contributed by atoms with E-state index in [1.807, 2.05) is 0 Å². The first-order valence-corrected chi connectivity index (χ1v) is 5.23. The van der Waals surface area contributed by atoms with Crippen molar-refractivity contribution in [1.82, 2.24) is 4.90 Å². The summed E-state index contributed by atoms with van der Waals surface area (Å²) in [5.74, 6) is -1.17. The highest BCUT2D eigenvalue weighted by Gasteiger charge is 2.42. The molecule has 1 rings (SSSR count). The maximum Gasteiger partial charge on any atom is 0.309 e. The molecule has 1 heterocycles. The standard InChI is InChI=1S/C10H20N2O2/c1-4-8-9(11)7(10(13)14)5-12(8)6(2)3/h6-9H,4-5,11H2,1-3H3,(H,13,14). The zero-order valence-corrected chi connectivity index (χ0v) is 9.10. The number of rotatable bonds is 3. The number of nitrogens with two attached hydrogens (primary N) is 1. The first-order valence-electron chi connectivity index (χ1n) is 5.23. The van der Waals surface area contributed by atoms with Crippen LogP contribution in [0, 0.1) is 5.92 Å². The van der Waals surface area contributed by atoms with Gasteiger partial charge in [-0.2, -0.15) is 0 Å². The number of nitrogens with zero attached hydrogens (tertiary/aromatic N) is 1. The number of carbonyl (C=O) groups is 1.